The lowest BCUT2D eigenvalue weighted by molar-refractivity contribution is 0.147. The molecule has 2 fully saturated rings. The van der Waals surface area contributed by atoms with Gasteiger partial charge in [-0.15, -0.1) is 10.2 Å². The molecule has 1 aliphatic carbocycles. The van der Waals surface area contributed by atoms with E-state index in [4.69, 9.17) is 14.3 Å². The number of nitrogens with zero attached hydrogens (tertiary/aromatic N) is 8. The van der Waals surface area contributed by atoms with Gasteiger partial charge in [0.1, 0.15) is 23.4 Å². The summed E-state index contributed by atoms with van der Waals surface area (Å²) >= 11 is 0. The number of piperazine rings is 1. The average molecular weight is 919 g/mol. The number of anilines is 2. The third-order valence-electron chi connectivity index (χ3n) is 14.2. The van der Waals surface area contributed by atoms with Gasteiger partial charge >= 0.3 is 6.03 Å². The number of allylic oxidation sites excluding steroid dienone is 2. The van der Waals surface area contributed by atoms with E-state index in [0.717, 1.165) is 104 Å². The Morgan fingerprint density at radius 1 is 0.909 bits per heavy atom. The van der Waals surface area contributed by atoms with Gasteiger partial charge in [-0.1, -0.05) is 93.2 Å². The molecule has 2 N–H and O–H groups in total. The summed E-state index contributed by atoms with van der Waals surface area (Å²) in [5.74, 6) is 3.18. The van der Waals surface area contributed by atoms with Crippen molar-refractivity contribution in [1.82, 2.24) is 39.5 Å². The summed E-state index contributed by atoms with van der Waals surface area (Å²) in [6.07, 6.45) is 15.6. The van der Waals surface area contributed by atoms with Crippen molar-refractivity contribution in [3.63, 3.8) is 0 Å². The van der Waals surface area contributed by atoms with Crippen molar-refractivity contribution >= 4 is 31.8 Å². The van der Waals surface area contributed by atoms with Crippen LogP contribution in [0, 0.1) is 0 Å². The predicted molar refractivity (Wildman–Crippen MR) is 272 cm³/mol. The van der Waals surface area contributed by atoms with Gasteiger partial charge in [-0.2, -0.15) is 5.10 Å². The first-order valence-electron chi connectivity index (χ1n) is 24.6. The highest BCUT2D eigenvalue weighted by Crippen LogP contribution is 2.44. The van der Waals surface area contributed by atoms with Crippen LogP contribution in [0.3, 0.4) is 0 Å². The van der Waals surface area contributed by atoms with Gasteiger partial charge < -0.3 is 24.3 Å². The van der Waals surface area contributed by atoms with Gasteiger partial charge in [0.25, 0.3) is 8.32 Å². The standard InChI is InChI=1S/C52H78N10O3Si/c1-36(2)66(37(3)4,38(5)6)65-46-25-21-42(32-41(46)34-59-30-28-58(12)29-31-59)62-49(33-47(57-62)52(9,10)11)54-50(63)53-45-24-22-43(20-15-13-14-18-39(45)7)64-44-23-26-48-55-56-51(61(48)35-44)60-27-17-16-19-40(60)8/h13-15,18,21,23,25-26,32-33,35-38,40,43,45H,7,16-17,19-20,22,24,27-31,34H2,1-6,8-12H3,(H2,53,54,63)/b15-13-,18-14-/t40-,43-,45-/m0/s1. The number of ether oxygens (including phenoxy) is 1. The molecule has 2 saturated heterocycles. The summed E-state index contributed by atoms with van der Waals surface area (Å²) < 4.78 is 18.0. The fourth-order valence-electron chi connectivity index (χ4n) is 10.3. The van der Waals surface area contributed by atoms with Crippen LogP contribution in [0.15, 0.2) is 79.1 Å². The quantitative estimate of drug-likeness (QED) is 0.126. The Kier molecular flexibility index (Phi) is 15.5. The number of amides is 2. The van der Waals surface area contributed by atoms with Crippen LogP contribution in [0.2, 0.25) is 16.6 Å². The minimum Gasteiger partial charge on any atom is -0.542 e. The van der Waals surface area contributed by atoms with Crippen LogP contribution >= 0.6 is 0 Å². The van der Waals surface area contributed by atoms with Gasteiger partial charge in [-0.05, 0) is 98.6 Å². The number of aromatic nitrogens is 5. The van der Waals surface area contributed by atoms with E-state index >= 15 is 0 Å². The molecule has 5 heterocycles. The number of benzene rings is 1. The summed E-state index contributed by atoms with van der Waals surface area (Å²) in [5, 5.41) is 20.7. The Morgan fingerprint density at radius 3 is 2.35 bits per heavy atom. The fraction of sp³-hybridized carbons (Fsp3) is 0.577. The molecule has 3 atom stereocenters. The fourth-order valence-corrected chi connectivity index (χ4v) is 15.6. The van der Waals surface area contributed by atoms with Crippen LogP contribution in [0.4, 0.5) is 16.6 Å². The van der Waals surface area contributed by atoms with Crippen molar-refractivity contribution in [1.29, 1.82) is 0 Å². The van der Waals surface area contributed by atoms with Crippen LogP contribution < -0.4 is 24.7 Å². The zero-order valence-electron chi connectivity index (χ0n) is 41.8. The van der Waals surface area contributed by atoms with Crippen molar-refractivity contribution in [3.05, 3.63) is 90.3 Å². The number of urea groups is 1. The number of carbonyl (C=O) groups is 1. The van der Waals surface area contributed by atoms with E-state index in [2.05, 4.69) is 147 Å². The molecule has 0 radical (unpaired) electrons. The maximum absolute atomic E-state index is 14.2. The molecule has 0 spiro atoms. The van der Waals surface area contributed by atoms with E-state index in [9.17, 15) is 4.79 Å². The molecule has 13 nitrogen and oxygen atoms in total. The van der Waals surface area contributed by atoms with Gasteiger partial charge in [0.15, 0.2) is 5.65 Å². The van der Waals surface area contributed by atoms with E-state index in [-0.39, 0.29) is 23.6 Å². The largest absolute Gasteiger partial charge is 0.542 e. The van der Waals surface area contributed by atoms with E-state index in [0.29, 0.717) is 41.3 Å². The minimum absolute atomic E-state index is 0.128. The van der Waals surface area contributed by atoms with Crippen LogP contribution in [0.25, 0.3) is 11.3 Å². The molecular weight excluding hydrogens is 841 g/mol. The number of hydrogen-bond acceptors (Lipinski definition) is 9. The molecule has 3 aliphatic rings. The van der Waals surface area contributed by atoms with Gasteiger partial charge in [0.05, 0.1) is 23.6 Å². The zero-order chi connectivity index (χ0) is 47.3. The van der Waals surface area contributed by atoms with Crippen LogP contribution in [0.1, 0.15) is 119 Å². The summed E-state index contributed by atoms with van der Waals surface area (Å²) in [5.41, 5.74) is 5.58. The van der Waals surface area contributed by atoms with Crippen LogP contribution in [0.5, 0.6) is 11.5 Å². The zero-order valence-corrected chi connectivity index (χ0v) is 42.8. The molecule has 0 unspecified atom stereocenters. The first-order valence-corrected chi connectivity index (χ1v) is 26.8. The summed E-state index contributed by atoms with van der Waals surface area (Å²) in [7, 11) is -0.0609. The SMILES string of the molecule is C=C1/C=C\C=C/C[C@H](Oc2ccc3nnc(N4CCCC[C@@H]4C)n3c2)CC[C@@H]1NC(=O)Nc1cc(C(C)(C)C)nn1-c1ccc(O[Si](C(C)C)(C(C)C)C(C)C)c(CN2CCN(C)CC2)c1. The normalized spacial score (nSPS) is 21.7. The molecule has 358 valence electrons. The Balaban J connectivity index is 1.12. The van der Waals surface area contributed by atoms with Crippen molar-refractivity contribution in [3.8, 4) is 17.2 Å². The number of fused-ring (bicyclic) bond motifs is 1. The molecule has 4 aromatic rings. The molecule has 1 aromatic carbocycles. The molecule has 2 amide bonds. The van der Waals surface area contributed by atoms with Gasteiger partial charge in [0, 0.05) is 68.8 Å². The Labute approximate surface area is 395 Å². The first kappa shape index (κ1) is 49.0. The van der Waals surface area contributed by atoms with Crippen LogP contribution in [-0.2, 0) is 12.0 Å². The van der Waals surface area contributed by atoms with E-state index in [1.54, 1.807) is 0 Å². The molecule has 66 heavy (non-hydrogen) atoms. The minimum atomic E-state index is -2.25. The number of pyridine rings is 1. The lowest BCUT2D eigenvalue weighted by Crippen LogP contribution is -2.51. The van der Waals surface area contributed by atoms with Crippen molar-refractivity contribution in [2.45, 2.75) is 155 Å². The molecular formula is C52H78N10O3Si. The van der Waals surface area contributed by atoms with Crippen molar-refractivity contribution in [2.24, 2.45) is 0 Å². The second kappa shape index (κ2) is 20.9. The van der Waals surface area contributed by atoms with Crippen molar-refractivity contribution in [2.75, 3.05) is 50.0 Å². The number of nitrogens with one attached hydrogen (secondary N) is 2. The number of likely N-dealkylation sites (N-methyl/N-ethyl adjacent to an activating group) is 1. The average Bonchev–Trinajstić information content (AvgIpc) is 3.89. The third-order valence-corrected chi connectivity index (χ3v) is 20.2. The molecule has 0 bridgehead atoms. The summed E-state index contributed by atoms with van der Waals surface area (Å²) in [4.78, 5) is 21.5. The van der Waals surface area contributed by atoms with Crippen LogP contribution in [-0.4, -0.2) is 106 Å². The smallest absolute Gasteiger partial charge is 0.320 e. The third kappa shape index (κ3) is 11.3. The highest BCUT2D eigenvalue weighted by molar-refractivity contribution is 6.78. The predicted octanol–water partition coefficient (Wildman–Crippen LogP) is 10.7. The van der Waals surface area contributed by atoms with Gasteiger partial charge in [0.2, 0.25) is 5.95 Å². The summed E-state index contributed by atoms with van der Waals surface area (Å²) in [6, 6.07) is 12.2. The summed E-state index contributed by atoms with van der Waals surface area (Å²) in [6.45, 7) is 32.9. The molecule has 14 heteroatoms. The Morgan fingerprint density at radius 2 is 1.65 bits per heavy atom. The lowest BCUT2D eigenvalue weighted by atomic mass is 9.92. The van der Waals surface area contributed by atoms with Crippen molar-refractivity contribution < 1.29 is 14.0 Å². The van der Waals surface area contributed by atoms with E-state index in [1.165, 1.54) is 6.42 Å². The topological polar surface area (TPSA) is 117 Å². The highest BCUT2D eigenvalue weighted by atomic mass is 28.4. The first-order chi connectivity index (χ1) is 31.4. The highest BCUT2D eigenvalue weighted by Gasteiger charge is 2.47. The molecule has 0 saturated carbocycles. The molecule has 2 aliphatic heterocycles. The lowest BCUT2D eigenvalue weighted by Gasteiger charge is -2.43. The second-order valence-corrected chi connectivity index (χ2v) is 26.4. The van der Waals surface area contributed by atoms with Gasteiger partial charge in [-0.25, -0.2) is 9.48 Å². The maximum Gasteiger partial charge on any atom is 0.320 e. The Hall–Kier alpha value is -4.92. The second-order valence-electron chi connectivity index (χ2n) is 21.1. The van der Waals surface area contributed by atoms with E-state index in [1.807, 2.05) is 47.3 Å². The van der Waals surface area contributed by atoms with E-state index < -0.39 is 8.32 Å². The Bertz CT molecular complexity index is 2330. The maximum atomic E-state index is 14.2. The number of piperidine rings is 1. The number of rotatable bonds is 13. The monoisotopic (exact) mass is 919 g/mol. The van der Waals surface area contributed by atoms with Gasteiger partial charge in [-0.3, -0.25) is 14.6 Å². The molecule has 3 aromatic heterocycles. The molecule has 7 rings (SSSR count). The number of carbonyl (C=O) groups excluding carboxylic acids is 1. The number of hydrogen-bond donors (Lipinski definition) is 2.